The molecule has 0 bridgehead atoms. The van der Waals surface area contributed by atoms with Crippen molar-refractivity contribution < 1.29 is 9.59 Å². The molecule has 1 N–H and O–H groups in total. The van der Waals surface area contributed by atoms with Gasteiger partial charge in [0.15, 0.2) is 0 Å². The Kier molecular flexibility index (Phi) is 6.87. The third-order valence-electron chi connectivity index (χ3n) is 5.50. The number of benzene rings is 2. The highest BCUT2D eigenvalue weighted by molar-refractivity contribution is 7.99. The standard InChI is InChI=1S/C24H27N3O2S/c28-23(18-26-11-9-20(10-12-26)19-5-2-1-3-6-19)25-22-8-4-7-21(17-22)24(29)27-13-15-30-16-14-27/h1-9,17H,10-16,18H2,(H,25,28). The molecule has 1 saturated heterocycles. The van der Waals surface area contributed by atoms with Crippen molar-refractivity contribution in [3.8, 4) is 0 Å². The van der Waals surface area contributed by atoms with Gasteiger partial charge in [-0.1, -0.05) is 42.5 Å². The van der Waals surface area contributed by atoms with Crippen molar-refractivity contribution in [3.05, 3.63) is 71.8 Å². The predicted molar refractivity (Wildman–Crippen MR) is 124 cm³/mol. The van der Waals surface area contributed by atoms with Gasteiger partial charge in [0.1, 0.15) is 0 Å². The molecule has 4 rings (SSSR count). The molecule has 0 radical (unpaired) electrons. The quantitative estimate of drug-likeness (QED) is 0.802. The van der Waals surface area contributed by atoms with Crippen molar-refractivity contribution >= 4 is 34.8 Å². The van der Waals surface area contributed by atoms with Crippen LogP contribution in [0.4, 0.5) is 5.69 Å². The number of rotatable bonds is 5. The number of hydrogen-bond acceptors (Lipinski definition) is 4. The van der Waals surface area contributed by atoms with Crippen LogP contribution >= 0.6 is 11.8 Å². The fourth-order valence-electron chi connectivity index (χ4n) is 3.85. The van der Waals surface area contributed by atoms with E-state index in [1.165, 1.54) is 11.1 Å². The first-order valence-electron chi connectivity index (χ1n) is 10.4. The second-order valence-electron chi connectivity index (χ2n) is 7.61. The van der Waals surface area contributed by atoms with Gasteiger partial charge < -0.3 is 10.2 Å². The van der Waals surface area contributed by atoms with E-state index in [2.05, 4.69) is 40.6 Å². The Morgan fingerprint density at radius 3 is 2.50 bits per heavy atom. The Bertz CT molecular complexity index is 923. The van der Waals surface area contributed by atoms with E-state index < -0.39 is 0 Å². The second-order valence-corrected chi connectivity index (χ2v) is 8.84. The second kappa shape index (κ2) is 9.96. The molecule has 0 aromatic heterocycles. The topological polar surface area (TPSA) is 52.7 Å². The normalized spacial score (nSPS) is 17.3. The van der Waals surface area contributed by atoms with E-state index in [1.807, 2.05) is 40.9 Å². The van der Waals surface area contributed by atoms with Crippen LogP contribution in [-0.4, -0.2) is 65.8 Å². The number of thioether (sulfide) groups is 1. The van der Waals surface area contributed by atoms with Crippen LogP contribution in [0.3, 0.4) is 0 Å². The maximum atomic E-state index is 12.7. The summed E-state index contributed by atoms with van der Waals surface area (Å²) in [5, 5.41) is 2.95. The SMILES string of the molecule is O=C(CN1CC=C(c2ccccc2)CC1)Nc1cccc(C(=O)N2CCSCC2)c1. The van der Waals surface area contributed by atoms with Crippen LogP contribution in [0.15, 0.2) is 60.7 Å². The summed E-state index contributed by atoms with van der Waals surface area (Å²) in [5.74, 6) is 1.96. The Morgan fingerprint density at radius 1 is 0.967 bits per heavy atom. The smallest absolute Gasteiger partial charge is 0.253 e. The molecule has 2 aliphatic rings. The minimum atomic E-state index is -0.0504. The number of carbonyl (C=O) groups is 2. The Hall–Kier alpha value is -2.57. The summed E-state index contributed by atoms with van der Waals surface area (Å²) in [5.41, 5.74) is 3.91. The molecule has 2 aromatic carbocycles. The predicted octanol–water partition coefficient (Wildman–Crippen LogP) is 3.60. The molecule has 156 valence electrons. The van der Waals surface area contributed by atoms with Crippen LogP contribution in [0.25, 0.3) is 5.57 Å². The largest absolute Gasteiger partial charge is 0.337 e. The minimum Gasteiger partial charge on any atom is -0.337 e. The molecule has 2 aromatic rings. The van der Waals surface area contributed by atoms with Crippen LogP contribution in [0.5, 0.6) is 0 Å². The van der Waals surface area contributed by atoms with E-state index in [1.54, 1.807) is 6.07 Å². The van der Waals surface area contributed by atoms with Crippen LogP contribution in [0, 0.1) is 0 Å². The Labute approximate surface area is 182 Å². The first-order chi connectivity index (χ1) is 14.7. The van der Waals surface area contributed by atoms with Crippen LogP contribution in [0.1, 0.15) is 22.3 Å². The summed E-state index contributed by atoms with van der Waals surface area (Å²) >= 11 is 1.88. The highest BCUT2D eigenvalue weighted by Crippen LogP contribution is 2.22. The number of nitrogens with zero attached hydrogens (tertiary/aromatic N) is 2. The maximum absolute atomic E-state index is 12.7. The highest BCUT2D eigenvalue weighted by atomic mass is 32.2. The number of amides is 2. The number of nitrogens with one attached hydrogen (secondary N) is 1. The lowest BCUT2D eigenvalue weighted by molar-refractivity contribution is -0.117. The first-order valence-corrected chi connectivity index (χ1v) is 11.6. The lowest BCUT2D eigenvalue weighted by Crippen LogP contribution is -2.38. The van der Waals surface area contributed by atoms with Gasteiger partial charge in [0.25, 0.3) is 5.91 Å². The Morgan fingerprint density at radius 2 is 1.77 bits per heavy atom. The molecule has 0 spiro atoms. The maximum Gasteiger partial charge on any atom is 0.253 e. The van der Waals surface area contributed by atoms with Crippen molar-refractivity contribution in [2.45, 2.75) is 6.42 Å². The van der Waals surface area contributed by atoms with E-state index in [-0.39, 0.29) is 11.8 Å². The minimum absolute atomic E-state index is 0.0426. The van der Waals surface area contributed by atoms with E-state index >= 15 is 0 Å². The van der Waals surface area contributed by atoms with Crippen molar-refractivity contribution in [2.75, 3.05) is 49.5 Å². The summed E-state index contributed by atoms with van der Waals surface area (Å²) in [7, 11) is 0. The van der Waals surface area contributed by atoms with E-state index in [9.17, 15) is 9.59 Å². The van der Waals surface area contributed by atoms with Gasteiger partial charge in [-0.05, 0) is 35.8 Å². The summed E-state index contributed by atoms with van der Waals surface area (Å²) < 4.78 is 0. The van der Waals surface area contributed by atoms with Crippen molar-refractivity contribution in [3.63, 3.8) is 0 Å². The monoisotopic (exact) mass is 421 g/mol. The van der Waals surface area contributed by atoms with Gasteiger partial charge in [0.2, 0.25) is 5.91 Å². The molecule has 30 heavy (non-hydrogen) atoms. The Balaban J connectivity index is 1.31. The van der Waals surface area contributed by atoms with Gasteiger partial charge in [-0.15, -0.1) is 0 Å². The van der Waals surface area contributed by atoms with E-state index in [0.29, 0.717) is 17.8 Å². The van der Waals surface area contributed by atoms with Gasteiger partial charge in [-0.2, -0.15) is 11.8 Å². The molecule has 2 aliphatic heterocycles. The molecule has 0 unspecified atom stereocenters. The van der Waals surface area contributed by atoms with Gasteiger partial charge >= 0.3 is 0 Å². The summed E-state index contributed by atoms with van der Waals surface area (Å²) in [6, 6.07) is 17.7. The third-order valence-corrected chi connectivity index (χ3v) is 6.44. The molecule has 6 heteroatoms. The summed E-state index contributed by atoms with van der Waals surface area (Å²) in [6.07, 6.45) is 3.15. The van der Waals surface area contributed by atoms with Gasteiger partial charge in [-0.25, -0.2) is 0 Å². The zero-order valence-corrected chi connectivity index (χ0v) is 17.9. The molecule has 5 nitrogen and oxygen atoms in total. The molecular formula is C24H27N3O2S. The zero-order valence-electron chi connectivity index (χ0n) is 17.0. The van der Waals surface area contributed by atoms with Gasteiger partial charge in [-0.3, -0.25) is 14.5 Å². The van der Waals surface area contributed by atoms with Gasteiger partial charge in [0.05, 0.1) is 6.54 Å². The lowest BCUT2D eigenvalue weighted by Gasteiger charge is -2.27. The zero-order chi connectivity index (χ0) is 20.8. The van der Waals surface area contributed by atoms with Crippen LogP contribution in [-0.2, 0) is 4.79 Å². The molecule has 2 heterocycles. The fraction of sp³-hybridized carbons (Fsp3) is 0.333. The average Bonchev–Trinajstić information content (AvgIpc) is 2.80. The highest BCUT2D eigenvalue weighted by Gasteiger charge is 2.19. The molecule has 2 amide bonds. The van der Waals surface area contributed by atoms with Crippen molar-refractivity contribution in [1.82, 2.24) is 9.80 Å². The van der Waals surface area contributed by atoms with E-state index in [0.717, 1.165) is 44.1 Å². The molecule has 0 aliphatic carbocycles. The average molecular weight is 422 g/mol. The molecule has 1 fully saturated rings. The third kappa shape index (κ3) is 5.32. The number of hydrogen-bond donors (Lipinski definition) is 1. The van der Waals surface area contributed by atoms with Crippen LogP contribution in [0.2, 0.25) is 0 Å². The number of carbonyl (C=O) groups excluding carboxylic acids is 2. The van der Waals surface area contributed by atoms with Gasteiger partial charge in [0, 0.05) is 48.9 Å². The lowest BCUT2D eigenvalue weighted by atomic mass is 10.00. The van der Waals surface area contributed by atoms with Crippen molar-refractivity contribution in [2.24, 2.45) is 0 Å². The molecular weight excluding hydrogens is 394 g/mol. The molecule has 0 saturated carbocycles. The number of anilines is 1. The van der Waals surface area contributed by atoms with E-state index in [4.69, 9.17) is 0 Å². The van der Waals surface area contributed by atoms with Crippen molar-refractivity contribution in [1.29, 1.82) is 0 Å². The molecule has 0 atom stereocenters. The first kappa shape index (κ1) is 20.7. The van der Waals surface area contributed by atoms with Crippen LogP contribution < -0.4 is 5.32 Å². The summed E-state index contributed by atoms with van der Waals surface area (Å²) in [6.45, 7) is 3.55. The summed E-state index contributed by atoms with van der Waals surface area (Å²) in [4.78, 5) is 29.3. The fourth-order valence-corrected chi connectivity index (χ4v) is 4.75.